The third-order valence-electron chi connectivity index (χ3n) is 4.60. The number of rotatable bonds is 3. The standard InChI is InChI=1S/C17H18ClF3N4O/c1-2-23-7-9-24(10-8-23)16(26)14-11-22-25(15(14)17(19,20)21)13-5-3-12(18)4-6-13/h3-6,11H,2,7-10H2,1H3/p+1. The van der Waals surface area contributed by atoms with Crippen LogP contribution in [0.2, 0.25) is 5.02 Å². The van der Waals surface area contributed by atoms with E-state index in [0.29, 0.717) is 18.1 Å². The molecule has 26 heavy (non-hydrogen) atoms. The summed E-state index contributed by atoms with van der Waals surface area (Å²) in [7, 11) is 0. The predicted molar refractivity (Wildman–Crippen MR) is 90.7 cm³/mol. The maximum absolute atomic E-state index is 13.7. The number of aromatic nitrogens is 2. The molecule has 0 aliphatic carbocycles. The van der Waals surface area contributed by atoms with Crippen LogP contribution in [0.1, 0.15) is 23.0 Å². The van der Waals surface area contributed by atoms with Gasteiger partial charge in [0.25, 0.3) is 5.91 Å². The van der Waals surface area contributed by atoms with Crippen LogP contribution in [0.15, 0.2) is 30.5 Å². The van der Waals surface area contributed by atoms with E-state index >= 15 is 0 Å². The number of nitrogens with one attached hydrogen (secondary N) is 1. The first kappa shape index (κ1) is 18.7. The summed E-state index contributed by atoms with van der Waals surface area (Å²) in [6, 6.07) is 5.82. The molecule has 3 rings (SSSR count). The number of hydrogen-bond donors (Lipinski definition) is 1. The minimum atomic E-state index is -4.71. The number of nitrogens with zero attached hydrogens (tertiary/aromatic N) is 3. The number of carbonyl (C=O) groups excluding carboxylic acids is 1. The quantitative estimate of drug-likeness (QED) is 0.874. The van der Waals surface area contributed by atoms with Crippen molar-refractivity contribution in [1.82, 2.24) is 14.7 Å². The Morgan fingerprint density at radius 1 is 1.23 bits per heavy atom. The maximum atomic E-state index is 13.7. The first-order chi connectivity index (χ1) is 12.3. The van der Waals surface area contributed by atoms with Gasteiger partial charge in [0.1, 0.15) is 0 Å². The summed E-state index contributed by atoms with van der Waals surface area (Å²) in [5.74, 6) is -0.632. The Bertz CT molecular complexity index is 780. The number of alkyl halides is 3. The summed E-state index contributed by atoms with van der Waals surface area (Å²) in [6.45, 7) is 5.32. The van der Waals surface area contributed by atoms with E-state index < -0.39 is 23.3 Å². The minimum absolute atomic E-state index is 0.195. The molecule has 0 unspecified atom stereocenters. The second kappa shape index (κ2) is 7.28. The predicted octanol–water partition coefficient (Wildman–Crippen LogP) is 1.91. The number of carbonyl (C=O) groups is 1. The number of amides is 1. The van der Waals surface area contributed by atoms with Gasteiger partial charge in [-0.15, -0.1) is 0 Å². The van der Waals surface area contributed by atoms with Crippen LogP contribution in [-0.4, -0.2) is 53.3 Å². The van der Waals surface area contributed by atoms with E-state index in [1.807, 2.05) is 6.92 Å². The second-order valence-corrected chi connectivity index (χ2v) is 6.63. The Morgan fingerprint density at radius 3 is 2.38 bits per heavy atom. The van der Waals surface area contributed by atoms with Crippen LogP contribution in [0.3, 0.4) is 0 Å². The van der Waals surface area contributed by atoms with Crippen molar-refractivity contribution in [1.29, 1.82) is 0 Å². The Morgan fingerprint density at radius 2 is 1.85 bits per heavy atom. The smallest absolute Gasteiger partial charge is 0.332 e. The lowest BCUT2D eigenvalue weighted by Gasteiger charge is -2.31. The molecular formula is C17H19ClF3N4O+. The van der Waals surface area contributed by atoms with Crippen LogP contribution in [0.5, 0.6) is 0 Å². The lowest BCUT2D eigenvalue weighted by molar-refractivity contribution is -0.902. The molecule has 9 heteroatoms. The topological polar surface area (TPSA) is 42.6 Å². The van der Waals surface area contributed by atoms with Crippen LogP contribution in [0.4, 0.5) is 13.2 Å². The van der Waals surface area contributed by atoms with Gasteiger partial charge in [0.15, 0.2) is 5.69 Å². The van der Waals surface area contributed by atoms with Gasteiger partial charge in [0.05, 0.1) is 50.2 Å². The lowest BCUT2D eigenvalue weighted by Crippen LogP contribution is -3.14. The Kier molecular flexibility index (Phi) is 5.24. The number of benzene rings is 1. The van der Waals surface area contributed by atoms with Crippen molar-refractivity contribution < 1.29 is 22.9 Å². The summed E-state index contributed by atoms with van der Waals surface area (Å²) in [5.41, 5.74) is -1.29. The number of quaternary nitrogens is 1. The fraction of sp³-hybridized carbons (Fsp3) is 0.412. The Balaban J connectivity index is 1.95. The zero-order valence-corrected chi connectivity index (χ0v) is 14.9. The summed E-state index contributed by atoms with van der Waals surface area (Å²) >= 11 is 5.80. The fourth-order valence-electron chi connectivity index (χ4n) is 3.11. The molecule has 0 atom stereocenters. The van der Waals surface area contributed by atoms with Gasteiger partial charge in [-0.3, -0.25) is 4.79 Å². The van der Waals surface area contributed by atoms with Crippen molar-refractivity contribution in [2.75, 3.05) is 32.7 Å². The molecule has 1 aromatic heterocycles. The van der Waals surface area contributed by atoms with E-state index in [1.54, 1.807) is 0 Å². The minimum Gasteiger partial charge on any atom is -0.332 e. The van der Waals surface area contributed by atoms with E-state index in [9.17, 15) is 18.0 Å². The van der Waals surface area contributed by atoms with Gasteiger partial charge in [-0.2, -0.15) is 18.3 Å². The van der Waals surface area contributed by atoms with Gasteiger partial charge in [-0.1, -0.05) is 11.6 Å². The Hall–Kier alpha value is -2.06. The largest absolute Gasteiger partial charge is 0.434 e. The molecule has 5 nitrogen and oxygen atoms in total. The summed E-state index contributed by atoms with van der Waals surface area (Å²) in [6.07, 6.45) is -3.71. The average molecular weight is 388 g/mol. The first-order valence-electron chi connectivity index (χ1n) is 8.35. The molecule has 0 spiro atoms. The highest BCUT2D eigenvalue weighted by atomic mass is 35.5. The van der Waals surface area contributed by atoms with Crippen LogP contribution >= 0.6 is 11.6 Å². The highest BCUT2D eigenvalue weighted by Gasteiger charge is 2.41. The molecule has 2 aromatic rings. The number of halogens is 4. The van der Waals surface area contributed by atoms with E-state index in [2.05, 4.69) is 5.10 Å². The highest BCUT2D eigenvalue weighted by Crippen LogP contribution is 2.34. The molecule has 1 fully saturated rings. The molecule has 2 heterocycles. The lowest BCUT2D eigenvalue weighted by atomic mass is 10.2. The van der Waals surface area contributed by atoms with Crippen LogP contribution in [0, 0.1) is 0 Å². The number of hydrogen-bond acceptors (Lipinski definition) is 2. The molecule has 1 amide bonds. The van der Waals surface area contributed by atoms with Crippen molar-refractivity contribution in [3.8, 4) is 5.69 Å². The molecule has 1 saturated heterocycles. The zero-order chi connectivity index (χ0) is 18.9. The highest BCUT2D eigenvalue weighted by molar-refractivity contribution is 6.30. The van der Waals surface area contributed by atoms with Crippen LogP contribution < -0.4 is 4.90 Å². The molecule has 140 valence electrons. The molecule has 0 saturated carbocycles. The van der Waals surface area contributed by atoms with E-state index in [-0.39, 0.29) is 5.69 Å². The number of piperazine rings is 1. The van der Waals surface area contributed by atoms with Gasteiger partial charge in [0, 0.05) is 5.02 Å². The molecule has 1 aliphatic heterocycles. The molecule has 1 aliphatic rings. The Labute approximate surface area is 153 Å². The molecule has 0 radical (unpaired) electrons. The van der Waals surface area contributed by atoms with Crippen LogP contribution in [0.25, 0.3) is 5.69 Å². The van der Waals surface area contributed by atoms with Gasteiger partial charge in [0.2, 0.25) is 0 Å². The zero-order valence-electron chi connectivity index (χ0n) is 14.2. The van der Waals surface area contributed by atoms with Crippen molar-refractivity contribution >= 4 is 17.5 Å². The van der Waals surface area contributed by atoms with Crippen molar-refractivity contribution in [3.63, 3.8) is 0 Å². The maximum Gasteiger partial charge on any atom is 0.434 e. The summed E-state index contributed by atoms with van der Waals surface area (Å²) in [5, 5.41) is 4.24. The van der Waals surface area contributed by atoms with Gasteiger partial charge in [-0.25, -0.2) is 4.68 Å². The summed E-state index contributed by atoms with van der Waals surface area (Å²) < 4.78 is 41.8. The average Bonchev–Trinajstić information content (AvgIpc) is 3.07. The molecular weight excluding hydrogens is 369 g/mol. The van der Waals surface area contributed by atoms with E-state index in [1.165, 1.54) is 34.1 Å². The molecule has 1 N–H and O–H groups in total. The second-order valence-electron chi connectivity index (χ2n) is 6.19. The van der Waals surface area contributed by atoms with E-state index in [0.717, 1.165) is 30.5 Å². The third kappa shape index (κ3) is 3.71. The first-order valence-corrected chi connectivity index (χ1v) is 8.73. The van der Waals surface area contributed by atoms with Crippen molar-refractivity contribution in [2.45, 2.75) is 13.1 Å². The summed E-state index contributed by atoms with van der Waals surface area (Å²) in [4.78, 5) is 15.5. The normalized spacial score (nSPS) is 16.1. The fourth-order valence-corrected chi connectivity index (χ4v) is 3.23. The van der Waals surface area contributed by atoms with Gasteiger partial charge >= 0.3 is 6.18 Å². The van der Waals surface area contributed by atoms with E-state index in [4.69, 9.17) is 11.6 Å². The van der Waals surface area contributed by atoms with Crippen LogP contribution in [-0.2, 0) is 6.18 Å². The third-order valence-corrected chi connectivity index (χ3v) is 4.85. The van der Waals surface area contributed by atoms with Crippen molar-refractivity contribution in [3.05, 3.63) is 46.7 Å². The number of likely N-dealkylation sites (N-methyl/N-ethyl adjacent to an activating group) is 1. The molecule has 1 aromatic carbocycles. The van der Waals surface area contributed by atoms with Gasteiger partial charge < -0.3 is 9.80 Å². The van der Waals surface area contributed by atoms with Crippen molar-refractivity contribution in [2.24, 2.45) is 0 Å². The SMILES string of the molecule is CC[NH+]1CCN(C(=O)c2cnn(-c3ccc(Cl)cc3)c2C(F)(F)F)CC1. The molecule has 0 bridgehead atoms. The monoisotopic (exact) mass is 387 g/mol. The van der Waals surface area contributed by atoms with Gasteiger partial charge in [-0.05, 0) is 31.2 Å².